The topological polar surface area (TPSA) is 38.8 Å². The van der Waals surface area contributed by atoms with Crippen molar-refractivity contribution in [3.05, 3.63) is 29.3 Å². The minimum atomic E-state index is -0.299. The second-order valence-corrected chi connectivity index (χ2v) is 6.62. The molecule has 4 nitrogen and oxygen atoms in total. The summed E-state index contributed by atoms with van der Waals surface area (Å²) in [5, 5.41) is 0. The molecule has 1 rings (SSSR count). The lowest BCUT2D eigenvalue weighted by molar-refractivity contribution is 0.0268. The highest BCUT2D eigenvalue weighted by Crippen LogP contribution is 2.23. The fourth-order valence-corrected chi connectivity index (χ4v) is 2.96. The summed E-state index contributed by atoms with van der Waals surface area (Å²) >= 11 is 0. The first kappa shape index (κ1) is 21.5. The van der Waals surface area contributed by atoms with Crippen LogP contribution < -0.4 is 4.74 Å². The summed E-state index contributed by atoms with van der Waals surface area (Å²) in [5.74, 6) is 0.794. The van der Waals surface area contributed by atoms with Crippen molar-refractivity contribution in [2.75, 3.05) is 26.3 Å². The van der Waals surface area contributed by atoms with Crippen molar-refractivity contribution < 1.29 is 14.3 Å². The second kappa shape index (κ2) is 11.1. The lowest BCUT2D eigenvalue weighted by atomic mass is 9.98. The van der Waals surface area contributed by atoms with E-state index in [4.69, 9.17) is 9.47 Å². The van der Waals surface area contributed by atoms with Crippen LogP contribution in [0, 0.1) is 12.8 Å². The first-order valence-corrected chi connectivity index (χ1v) is 9.62. The average molecular weight is 350 g/mol. The minimum absolute atomic E-state index is 0.245. The summed E-state index contributed by atoms with van der Waals surface area (Å²) in [6, 6.07) is 5.88. The molecule has 0 bridgehead atoms. The van der Waals surface area contributed by atoms with Crippen LogP contribution in [0.3, 0.4) is 0 Å². The molecule has 0 heterocycles. The molecule has 2 atom stereocenters. The quantitative estimate of drug-likeness (QED) is 0.543. The number of hydrogen-bond acceptors (Lipinski definition) is 4. The van der Waals surface area contributed by atoms with E-state index in [9.17, 15) is 4.79 Å². The number of aryl methyl sites for hydroxylation is 1. The van der Waals surface area contributed by atoms with E-state index in [1.807, 2.05) is 19.1 Å². The van der Waals surface area contributed by atoms with Crippen molar-refractivity contribution in [3.8, 4) is 5.75 Å². The van der Waals surface area contributed by atoms with Gasteiger partial charge in [-0.25, -0.2) is 4.79 Å². The van der Waals surface area contributed by atoms with Gasteiger partial charge in [0.2, 0.25) is 0 Å². The van der Waals surface area contributed by atoms with E-state index < -0.39 is 0 Å². The molecule has 142 valence electrons. The molecule has 0 N–H and O–H groups in total. The maximum atomic E-state index is 12.6. The van der Waals surface area contributed by atoms with Crippen LogP contribution in [-0.2, 0) is 4.74 Å². The fraction of sp³-hybridized carbons (Fsp3) is 0.667. The van der Waals surface area contributed by atoms with Gasteiger partial charge in [-0.05, 0) is 50.0 Å². The molecule has 2 unspecified atom stereocenters. The number of esters is 1. The average Bonchev–Trinajstić information content (AvgIpc) is 2.62. The predicted molar refractivity (Wildman–Crippen MR) is 103 cm³/mol. The van der Waals surface area contributed by atoms with E-state index in [0.717, 1.165) is 31.5 Å². The summed E-state index contributed by atoms with van der Waals surface area (Å²) in [5.41, 5.74) is 1.59. The SMILES string of the molecule is CCCOc1cc(C)ccc1C(=O)OCC(C(C)CC)N(CC)CC. The summed E-state index contributed by atoms with van der Waals surface area (Å²) in [6.45, 7) is 15.7. The molecule has 0 fully saturated rings. The minimum Gasteiger partial charge on any atom is -0.493 e. The first-order valence-electron chi connectivity index (χ1n) is 9.62. The Morgan fingerprint density at radius 3 is 2.40 bits per heavy atom. The molecule has 0 aliphatic carbocycles. The monoisotopic (exact) mass is 349 g/mol. The highest BCUT2D eigenvalue weighted by atomic mass is 16.5. The van der Waals surface area contributed by atoms with Gasteiger partial charge < -0.3 is 9.47 Å². The number of benzene rings is 1. The van der Waals surface area contributed by atoms with Gasteiger partial charge in [-0.15, -0.1) is 0 Å². The molecule has 0 spiro atoms. The van der Waals surface area contributed by atoms with Gasteiger partial charge >= 0.3 is 5.97 Å². The molecular formula is C21H35NO3. The molecule has 0 saturated carbocycles. The maximum Gasteiger partial charge on any atom is 0.341 e. The van der Waals surface area contributed by atoms with Crippen molar-refractivity contribution in [2.24, 2.45) is 5.92 Å². The third-order valence-electron chi connectivity index (χ3n) is 4.79. The molecule has 0 saturated heterocycles. The number of ether oxygens (including phenoxy) is 2. The maximum absolute atomic E-state index is 12.6. The van der Waals surface area contributed by atoms with Crippen LogP contribution in [0.25, 0.3) is 0 Å². The molecule has 25 heavy (non-hydrogen) atoms. The van der Waals surface area contributed by atoms with Gasteiger partial charge in [-0.2, -0.15) is 0 Å². The molecule has 0 aliphatic rings. The van der Waals surface area contributed by atoms with Gasteiger partial charge in [0.15, 0.2) is 0 Å². The lowest BCUT2D eigenvalue weighted by Crippen LogP contribution is -2.43. The first-order chi connectivity index (χ1) is 12.0. The van der Waals surface area contributed by atoms with Crippen molar-refractivity contribution in [2.45, 2.75) is 60.4 Å². The summed E-state index contributed by atoms with van der Waals surface area (Å²) in [7, 11) is 0. The Morgan fingerprint density at radius 1 is 1.16 bits per heavy atom. The number of rotatable bonds is 11. The molecule has 1 aromatic rings. The van der Waals surface area contributed by atoms with Crippen LogP contribution in [0.5, 0.6) is 5.75 Å². The van der Waals surface area contributed by atoms with Crippen LogP contribution in [-0.4, -0.2) is 43.2 Å². The Hall–Kier alpha value is -1.55. The van der Waals surface area contributed by atoms with Gasteiger partial charge in [0.1, 0.15) is 17.9 Å². The van der Waals surface area contributed by atoms with Crippen LogP contribution in [0.1, 0.15) is 63.4 Å². The van der Waals surface area contributed by atoms with E-state index in [-0.39, 0.29) is 12.0 Å². The summed E-state index contributed by atoms with van der Waals surface area (Å²) in [4.78, 5) is 15.0. The zero-order valence-electron chi connectivity index (χ0n) is 16.8. The predicted octanol–water partition coefficient (Wildman–Crippen LogP) is 4.70. The van der Waals surface area contributed by atoms with Crippen LogP contribution in [0.15, 0.2) is 18.2 Å². The van der Waals surface area contributed by atoms with Crippen LogP contribution in [0.2, 0.25) is 0 Å². The molecule has 4 heteroatoms. The van der Waals surface area contributed by atoms with E-state index in [0.29, 0.717) is 30.4 Å². The highest BCUT2D eigenvalue weighted by Gasteiger charge is 2.24. The molecule has 0 aliphatic heterocycles. The van der Waals surface area contributed by atoms with Crippen LogP contribution >= 0.6 is 0 Å². The standard InChI is InChI=1S/C21H35NO3/c1-7-13-24-20-14-16(5)11-12-18(20)21(23)25-15-19(17(6)8-2)22(9-3)10-4/h11-12,14,17,19H,7-10,13,15H2,1-6H3. The normalized spacial score (nSPS) is 13.6. The van der Waals surface area contributed by atoms with Crippen molar-refractivity contribution in [1.29, 1.82) is 0 Å². The number of hydrogen-bond donors (Lipinski definition) is 0. The third-order valence-corrected chi connectivity index (χ3v) is 4.79. The summed E-state index contributed by atoms with van der Waals surface area (Å²) < 4.78 is 11.4. The smallest absolute Gasteiger partial charge is 0.341 e. The van der Waals surface area contributed by atoms with Crippen molar-refractivity contribution in [1.82, 2.24) is 4.90 Å². The fourth-order valence-electron chi connectivity index (χ4n) is 2.96. The van der Waals surface area contributed by atoms with Crippen LogP contribution in [0.4, 0.5) is 0 Å². The van der Waals surface area contributed by atoms with Crippen molar-refractivity contribution in [3.63, 3.8) is 0 Å². The van der Waals surface area contributed by atoms with E-state index in [2.05, 4.69) is 39.5 Å². The lowest BCUT2D eigenvalue weighted by Gasteiger charge is -2.33. The van der Waals surface area contributed by atoms with Gasteiger partial charge in [-0.1, -0.05) is 47.1 Å². The van der Waals surface area contributed by atoms with E-state index in [1.165, 1.54) is 0 Å². The zero-order chi connectivity index (χ0) is 18.8. The van der Waals surface area contributed by atoms with E-state index >= 15 is 0 Å². The van der Waals surface area contributed by atoms with Gasteiger partial charge in [0, 0.05) is 6.04 Å². The van der Waals surface area contributed by atoms with Gasteiger partial charge in [0.25, 0.3) is 0 Å². The summed E-state index contributed by atoms with van der Waals surface area (Å²) in [6.07, 6.45) is 1.97. The second-order valence-electron chi connectivity index (χ2n) is 6.62. The van der Waals surface area contributed by atoms with Crippen molar-refractivity contribution >= 4 is 5.97 Å². The number of likely N-dealkylation sites (N-methyl/N-ethyl adjacent to an activating group) is 1. The molecule has 0 radical (unpaired) electrons. The highest BCUT2D eigenvalue weighted by molar-refractivity contribution is 5.92. The largest absolute Gasteiger partial charge is 0.493 e. The molecule has 0 amide bonds. The Bertz CT molecular complexity index is 526. The Balaban J connectivity index is 2.86. The van der Waals surface area contributed by atoms with Gasteiger partial charge in [-0.3, -0.25) is 4.90 Å². The number of nitrogens with zero attached hydrogens (tertiary/aromatic N) is 1. The number of carbonyl (C=O) groups excluding carboxylic acids is 1. The number of carbonyl (C=O) groups is 1. The molecule has 1 aromatic carbocycles. The third kappa shape index (κ3) is 6.35. The Kier molecular flexibility index (Phi) is 9.58. The Morgan fingerprint density at radius 2 is 1.84 bits per heavy atom. The van der Waals surface area contributed by atoms with E-state index in [1.54, 1.807) is 6.07 Å². The molecular weight excluding hydrogens is 314 g/mol. The molecule has 0 aromatic heterocycles. The Labute approximate surface area is 153 Å². The van der Waals surface area contributed by atoms with Gasteiger partial charge in [0.05, 0.1) is 6.61 Å². The zero-order valence-corrected chi connectivity index (χ0v) is 16.8.